The first-order valence-electron chi connectivity index (χ1n) is 6.74. The van der Waals surface area contributed by atoms with Crippen LogP contribution >= 0.6 is 23.2 Å². The predicted molar refractivity (Wildman–Crippen MR) is 91.2 cm³/mol. The highest BCUT2D eigenvalue weighted by Gasteiger charge is 2.15. The van der Waals surface area contributed by atoms with Gasteiger partial charge in [0.05, 0.1) is 27.5 Å². The number of hydrogen-bond donors (Lipinski definition) is 2. The van der Waals surface area contributed by atoms with E-state index >= 15 is 0 Å². The summed E-state index contributed by atoms with van der Waals surface area (Å²) in [6, 6.07) is 6.95. The summed E-state index contributed by atoms with van der Waals surface area (Å²) in [5, 5.41) is 6.99. The molecule has 1 amide bonds. The van der Waals surface area contributed by atoms with Gasteiger partial charge in [-0.2, -0.15) is 0 Å². The largest absolute Gasteiger partial charge is 0.354 e. The number of rotatable bonds is 3. The second kappa shape index (κ2) is 6.55. The maximum atomic E-state index is 12.1. The van der Waals surface area contributed by atoms with Gasteiger partial charge in [-0.05, 0) is 45.0 Å². The van der Waals surface area contributed by atoms with E-state index in [1.807, 2.05) is 20.8 Å². The van der Waals surface area contributed by atoms with Crippen LogP contribution in [0, 0.1) is 0 Å². The van der Waals surface area contributed by atoms with Crippen molar-refractivity contribution in [1.82, 2.24) is 10.3 Å². The lowest BCUT2D eigenvalue weighted by atomic mass is 10.1. The summed E-state index contributed by atoms with van der Waals surface area (Å²) in [5.41, 5.74) is 1.65. The first-order chi connectivity index (χ1) is 10.2. The number of nitrogens with zero attached hydrogens (tertiary/aromatic N) is 1. The summed E-state index contributed by atoms with van der Waals surface area (Å²) in [6.45, 7) is 5.78. The number of pyridine rings is 1. The minimum Gasteiger partial charge on any atom is -0.354 e. The molecule has 4 nitrogen and oxygen atoms in total. The first kappa shape index (κ1) is 16.6. The van der Waals surface area contributed by atoms with Crippen LogP contribution in [0.2, 0.25) is 10.0 Å². The number of benzene rings is 1. The molecule has 0 saturated heterocycles. The standard InChI is InChI=1S/C16H17Cl2N3O/c1-16(2,3)21-15(22)10-6-12(9-19-8-10)20-11-4-5-13(17)14(18)7-11/h4-9,20H,1-3H3,(H,21,22). The monoisotopic (exact) mass is 337 g/mol. The van der Waals surface area contributed by atoms with Crippen LogP contribution in [0.5, 0.6) is 0 Å². The maximum Gasteiger partial charge on any atom is 0.253 e. The van der Waals surface area contributed by atoms with E-state index in [0.717, 1.165) is 5.69 Å². The highest BCUT2D eigenvalue weighted by molar-refractivity contribution is 6.42. The lowest BCUT2D eigenvalue weighted by molar-refractivity contribution is 0.0919. The molecular weight excluding hydrogens is 321 g/mol. The lowest BCUT2D eigenvalue weighted by Gasteiger charge is -2.20. The molecule has 0 atom stereocenters. The van der Waals surface area contributed by atoms with Gasteiger partial charge >= 0.3 is 0 Å². The Morgan fingerprint density at radius 3 is 2.41 bits per heavy atom. The highest BCUT2D eigenvalue weighted by atomic mass is 35.5. The Hall–Kier alpha value is -1.78. The number of amides is 1. The third-order valence-electron chi connectivity index (χ3n) is 2.70. The number of aromatic nitrogens is 1. The molecule has 6 heteroatoms. The Labute approximate surface area is 139 Å². The van der Waals surface area contributed by atoms with Crippen LogP contribution < -0.4 is 10.6 Å². The maximum absolute atomic E-state index is 12.1. The van der Waals surface area contributed by atoms with E-state index in [2.05, 4.69) is 15.6 Å². The minimum absolute atomic E-state index is 0.169. The molecule has 0 unspecified atom stereocenters. The lowest BCUT2D eigenvalue weighted by Crippen LogP contribution is -2.40. The summed E-state index contributed by atoms with van der Waals surface area (Å²) in [5.74, 6) is -0.169. The van der Waals surface area contributed by atoms with E-state index in [9.17, 15) is 4.79 Å². The molecule has 2 aromatic rings. The van der Waals surface area contributed by atoms with Gasteiger partial charge in [-0.25, -0.2) is 0 Å². The molecule has 116 valence electrons. The average molecular weight is 338 g/mol. The summed E-state index contributed by atoms with van der Waals surface area (Å²) in [4.78, 5) is 16.2. The third-order valence-corrected chi connectivity index (χ3v) is 3.44. The molecule has 0 spiro atoms. The van der Waals surface area contributed by atoms with Crippen LogP contribution in [0.1, 0.15) is 31.1 Å². The molecule has 0 radical (unpaired) electrons. The van der Waals surface area contributed by atoms with Gasteiger partial charge < -0.3 is 10.6 Å². The van der Waals surface area contributed by atoms with Crippen LogP contribution in [-0.2, 0) is 0 Å². The van der Waals surface area contributed by atoms with Gasteiger partial charge in [0.1, 0.15) is 0 Å². The average Bonchev–Trinajstić information content (AvgIpc) is 2.41. The summed E-state index contributed by atoms with van der Waals surface area (Å²) in [7, 11) is 0. The van der Waals surface area contributed by atoms with E-state index in [0.29, 0.717) is 21.3 Å². The van der Waals surface area contributed by atoms with Crippen molar-refractivity contribution in [2.75, 3.05) is 5.32 Å². The number of anilines is 2. The molecule has 0 aliphatic carbocycles. The quantitative estimate of drug-likeness (QED) is 0.856. The number of halogens is 2. The Balaban J connectivity index is 2.17. The van der Waals surface area contributed by atoms with Crippen LogP contribution in [-0.4, -0.2) is 16.4 Å². The predicted octanol–water partition coefficient (Wildman–Crippen LogP) is 4.66. The summed E-state index contributed by atoms with van der Waals surface area (Å²) in [6.07, 6.45) is 3.16. The molecule has 0 aliphatic heterocycles. The van der Waals surface area contributed by atoms with E-state index in [1.165, 1.54) is 6.20 Å². The first-order valence-corrected chi connectivity index (χ1v) is 7.50. The fourth-order valence-electron chi connectivity index (χ4n) is 1.79. The normalized spacial score (nSPS) is 11.1. The zero-order valence-corrected chi connectivity index (χ0v) is 14.1. The van der Waals surface area contributed by atoms with Gasteiger partial charge in [0.15, 0.2) is 0 Å². The fourth-order valence-corrected chi connectivity index (χ4v) is 2.08. The van der Waals surface area contributed by atoms with Crippen LogP contribution in [0.3, 0.4) is 0 Å². The topological polar surface area (TPSA) is 54.0 Å². The third kappa shape index (κ3) is 4.61. The Bertz CT molecular complexity index is 696. The zero-order valence-electron chi connectivity index (χ0n) is 12.6. The Morgan fingerprint density at radius 1 is 1.05 bits per heavy atom. The smallest absolute Gasteiger partial charge is 0.253 e. The molecule has 0 aliphatic rings. The molecule has 2 rings (SSSR count). The molecule has 0 fully saturated rings. The van der Waals surface area contributed by atoms with Gasteiger partial charge in [-0.1, -0.05) is 23.2 Å². The van der Waals surface area contributed by atoms with Crippen molar-refractivity contribution in [1.29, 1.82) is 0 Å². The van der Waals surface area contributed by atoms with Gasteiger partial charge in [-0.15, -0.1) is 0 Å². The van der Waals surface area contributed by atoms with E-state index in [-0.39, 0.29) is 11.4 Å². The molecule has 1 aromatic carbocycles. The van der Waals surface area contributed by atoms with Crippen LogP contribution in [0.15, 0.2) is 36.7 Å². The van der Waals surface area contributed by atoms with Crippen molar-refractivity contribution >= 4 is 40.5 Å². The molecular formula is C16H17Cl2N3O. The number of hydrogen-bond acceptors (Lipinski definition) is 3. The minimum atomic E-state index is -0.301. The van der Waals surface area contributed by atoms with Crippen molar-refractivity contribution in [3.63, 3.8) is 0 Å². The van der Waals surface area contributed by atoms with Crippen molar-refractivity contribution in [2.45, 2.75) is 26.3 Å². The number of carbonyl (C=O) groups is 1. The molecule has 22 heavy (non-hydrogen) atoms. The molecule has 1 aromatic heterocycles. The van der Waals surface area contributed by atoms with Crippen molar-refractivity contribution in [3.8, 4) is 0 Å². The van der Waals surface area contributed by atoms with Crippen LogP contribution in [0.25, 0.3) is 0 Å². The molecule has 0 saturated carbocycles. The van der Waals surface area contributed by atoms with Crippen molar-refractivity contribution in [2.24, 2.45) is 0 Å². The van der Waals surface area contributed by atoms with Gasteiger partial charge in [0, 0.05) is 17.4 Å². The van der Waals surface area contributed by atoms with Gasteiger partial charge in [0.25, 0.3) is 5.91 Å². The Morgan fingerprint density at radius 2 is 1.77 bits per heavy atom. The summed E-state index contributed by atoms with van der Waals surface area (Å²) < 4.78 is 0. The second-order valence-electron chi connectivity index (χ2n) is 5.92. The summed E-state index contributed by atoms with van der Waals surface area (Å²) >= 11 is 11.9. The SMILES string of the molecule is CC(C)(C)NC(=O)c1cncc(Nc2ccc(Cl)c(Cl)c2)c1. The highest BCUT2D eigenvalue weighted by Crippen LogP contribution is 2.27. The molecule has 1 heterocycles. The van der Waals surface area contributed by atoms with E-state index < -0.39 is 0 Å². The van der Waals surface area contributed by atoms with Crippen molar-refractivity contribution in [3.05, 3.63) is 52.3 Å². The van der Waals surface area contributed by atoms with Crippen LogP contribution in [0.4, 0.5) is 11.4 Å². The number of nitrogens with one attached hydrogen (secondary N) is 2. The second-order valence-corrected chi connectivity index (χ2v) is 6.73. The number of carbonyl (C=O) groups excluding carboxylic acids is 1. The van der Waals surface area contributed by atoms with Crippen molar-refractivity contribution < 1.29 is 4.79 Å². The van der Waals surface area contributed by atoms with Gasteiger partial charge in [0.2, 0.25) is 0 Å². The Kier molecular flexibility index (Phi) is 4.94. The van der Waals surface area contributed by atoms with E-state index in [4.69, 9.17) is 23.2 Å². The zero-order chi connectivity index (χ0) is 16.3. The molecule has 2 N–H and O–H groups in total. The van der Waals surface area contributed by atoms with E-state index in [1.54, 1.807) is 30.5 Å². The fraction of sp³-hybridized carbons (Fsp3) is 0.250. The van der Waals surface area contributed by atoms with Gasteiger partial charge in [-0.3, -0.25) is 9.78 Å². The molecule has 0 bridgehead atoms.